The summed E-state index contributed by atoms with van der Waals surface area (Å²) in [5.74, 6) is 1.09. The van der Waals surface area contributed by atoms with Crippen molar-refractivity contribution in [2.75, 3.05) is 18.0 Å². The number of aryl methyl sites for hydroxylation is 2. The summed E-state index contributed by atoms with van der Waals surface area (Å²) >= 11 is 0. The molecule has 0 aromatic carbocycles. The van der Waals surface area contributed by atoms with E-state index in [0.717, 1.165) is 18.9 Å². The minimum atomic E-state index is 1.02. The maximum Gasteiger partial charge on any atom is 0.128 e. The van der Waals surface area contributed by atoms with E-state index in [1.807, 2.05) is 6.20 Å². The number of pyridine rings is 1. The van der Waals surface area contributed by atoms with Crippen molar-refractivity contribution in [1.29, 1.82) is 0 Å². The van der Waals surface area contributed by atoms with Crippen LogP contribution in [0.5, 0.6) is 0 Å². The minimum absolute atomic E-state index is 1.02. The molecule has 1 aromatic rings. The van der Waals surface area contributed by atoms with Crippen molar-refractivity contribution >= 4 is 5.82 Å². The Morgan fingerprint density at radius 3 is 2.23 bits per heavy atom. The van der Waals surface area contributed by atoms with Gasteiger partial charge in [0.2, 0.25) is 0 Å². The number of aromatic nitrogens is 1. The van der Waals surface area contributed by atoms with Crippen LogP contribution < -0.4 is 4.90 Å². The predicted molar refractivity (Wildman–Crippen MR) is 57.3 cm³/mol. The van der Waals surface area contributed by atoms with Crippen LogP contribution in [0.25, 0.3) is 0 Å². The molecular formula is C11H18N2. The Morgan fingerprint density at radius 2 is 1.77 bits per heavy atom. The minimum Gasteiger partial charge on any atom is -0.357 e. The summed E-state index contributed by atoms with van der Waals surface area (Å²) in [6.07, 6.45) is 1.95. The van der Waals surface area contributed by atoms with Gasteiger partial charge in [0.25, 0.3) is 0 Å². The van der Waals surface area contributed by atoms with Crippen LogP contribution in [0.3, 0.4) is 0 Å². The van der Waals surface area contributed by atoms with Gasteiger partial charge in [0, 0.05) is 19.3 Å². The molecule has 0 saturated carbocycles. The lowest BCUT2D eigenvalue weighted by atomic mass is 10.2. The number of hydrogen-bond donors (Lipinski definition) is 0. The van der Waals surface area contributed by atoms with Crippen molar-refractivity contribution < 1.29 is 0 Å². The molecule has 0 unspecified atom stereocenters. The molecule has 0 amide bonds. The molecule has 1 heterocycles. The fourth-order valence-electron chi connectivity index (χ4n) is 1.33. The van der Waals surface area contributed by atoms with E-state index in [4.69, 9.17) is 0 Å². The average Bonchev–Trinajstić information content (AvgIpc) is 2.13. The third-order valence-corrected chi connectivity index (χ3v) is 2.45. The van der Waals surface area contributed by atoms with Gasteiger partial charge in [-0.2, -0.15) is 0 Å². The first-order chi connectivity index (χ1) is 6.19. The van der Waals surface area contributed by atoms with E-state index in [0.29, 0.717) is 0 Å². The smallest absolute Gasteiger partial charge is 0.128 e. The monoisotopic (exact) mass is 178 g/mol. The Hall–Kier alpha value is -1.05. The van der Waals surface area contributed by atoms with Crippen molar-refractivity contribution in [2.24, 2.45) is 0 Å². The number of nitrogens with zero attached hydrogens (tertiary/aromatic N) is 2. The molecule has 0 saturated heterocycles. The van der Waals surface area contributed by atoms with Crippen molar-refractivity contribution in [3.8, 4) is 0 Å². The molecule has 2 nitrogen and oxygen atoms in total. The van der Waals surface area contributed by atoms with E-state index < -0.39 is 0 Å². The zero-order valence-corrected chi connectivity index (χ0v) is 8.96. The molecule has 0 atom stereocenters. The first-order valence-electron chi connectivity index (χ1n) is 4.87. The van der Waals surface area contributed by atoms with Crippen LogP contribution in [0, 0.1) is 13.8 Å². The van der Waals surface area contributed by atoms with Crippen LogP contribution in [0.4, 0.5) is 5.82 Å². The molecule has 0 aliphatic rings. The number of anilines is 1. The Morgan fingerprint density at radius 1 is 1.15 bits per heavy atom. The van der Waals surface area contributed by atoms with Crippen LogP contribution in [0.1, 0.15) is 25.0 Å². The topological polar surface area (TPSA) is 16.1 Å². The highest BCUT2D eigenvalue weighted by Crippen LogP contribution is 2.14. The Kier molecular flexibility index (Phi) is 3.29. The van der Waals surface area contributed by atoms with Crippen molar-refractivity contribution in [3.63, 3.8) is 0 Å². The molecule has 0 fully saturated rings. The van der Waals surface area contributed by atoms with Crippen molar-refractivity contribution in [1.82, 2.24) is 4.98 Å². The largest absolute Gasteiger partial charge is 0.357 e. The summed E-state index contributed by atoms with van der Waals surface area (Å²) in [7, 11) is 0. The van der Waals surface area contributed by atoms with Crippen LogP contribution in [0.15, 0.2) is 12.3 Å². The molecule has 0 radical (unpaired) electrons. The maximum absolute atomic E-state index is 4.41. The zero-order chi connectivity index (χ0) is 9.84. The van der Waals surface area contributed by atoms with Gasteiger partial charge in [0.15, 0.2) is 0 Å². The quantitative estimate of drug-likeness (QED) is 0.707. The summed E-state index contributed by atoms with van der Waals surface area (Å²) < 4.78 is 0. The molecule has 13 heavy (non-hydrogen) atoms. The second-order valence-corrected chi connectivity index (χ2v) is 3.30. The van der Waals surface area contributed by atoms with E-state index in [-0.39, 0.29) is 0 Å². The summed E-state index contributed by atoms with van der Waals surface area (Å²) in [6.45, 7) is 10.6. The summed E-state index contributed by atoms with van der Waals surface area (Å²) in [4.78, 5) is 6.66. The summed E-state index contributed by atoms with van der Waals surface area (Å²) in [5.41, 5.74) is 2.58. The fraction of sp³-hybridized carbons (Fsp3) is 0.545. The highest BCUT2D eigenvalue weighted by molar-refractivity contribution is 5.42. The first-order valence-corrected chi connectivity index (χ1v) is 4.87. The lowest BCUT2D eigenvalue weighted by Gasteiger charge is -2.20. The fourth-order valence-corrected chi connectivity index (χ4v) is 1.33. The van der Waals surface area contributed by atoms with Crippen LogP contribution >= 0.6 is 0 Å². The van der Waals surface area contributed by atoms with Gasteiger partial charge in [-0.15, -0.1) is 0 Å². The van der Waals surface area contributed by atoms with Gasteiger partial charge in [0.1, 0.15) is 5.82 Å². The molecule has 0 bridgehead atoms. The molecule has 2 heteroatoms. The van der Waals surface area contributed by atoms with Crippen LogP contribution in [-0.2, 0) is 0 Å². The van der Waals surface area contributed by atoms with Crippen molar-refractivity contribution in [3.05, 3.63) is 23.4 Å². The van der Waals surface area contributed by atoms with Crippen LogP contribution in [-0.4, -0.2) is 18.1 Å². The molecular weight excluding hydrogens is 160 g/mol. The van der Waals surface area contributed by atoms with E-state index in [2.05, 4.69) is 43.6 Å². The lowest BCUT2D eigenvalue weighted by Crippen LogP contribution is -2.22. The molecule has 0 N–H and O–H groups in total. The average molecular weight is 178 g/mol. The maximum atomic E-state index is 4.41. The predicted octanol–water partition coefficient (Wildman–Crippen LogP) is 2.54. The lowest BCUT2D eigenvalue weighted by molar-refractivity contribution is 0.844. The van der Waals surface area contributed by atoms with Crippen LogP contribution in [0.2, 0.25) is 0 Å². The SMILES string of the molecule is CCN(CC)c1cc(C)c(C)cn1. The Bertz CT molecular complexity index is 277. The summed E-state index contributed by atoms with van der Waals surface area (Å²) in [6, 6.07) is 2.16. The molecule has 72 valence electrons. The van der Waals surface area contributed by atoms with Gasteiger partial charge < -0.3 is 4.90 Å². The third-order valence-electron chi connectivity index (χ3n) is 2.45. The van der Waals surface area contributed by atoms with Gasteiger partial charge >= 0.3 is 0 Å². The second kappa shape index (κ2) is 4.26. The molecule has 0 spiro atoms. The number of hydrogen-bond acceptors (Lipinski definition) is 2. The molecule has 0 aliphatic carbocycles. The van der Waals surface area contributed by atoms with E-state index in [1.54, 1.807) is 0 Å². The van der Waals surface area contributed by atoms with E-state index in [9.17, 15) is 0 Å². The highest BCUT2D eigenvalue weighted by Gasteiger charge is 2.03. The Labute approximate surface area is 80.6 Å². The first kappa shape index (κ1) is 10.0. The highest BCUT2D eigenvalue weighted by atomic mass is 15.2. The Balaban J connectivity index is 2.95. The molecule has 0 aliphatic heterocycles. The normalized spacial score (nSPS) is 10.2. The standard InChI is InChI=1S/C11H18N2/c1-5-13(6-2)11-7-9(3)10(4)8-12-11/h7-8H,5-6H2,1-4H3. The van der Waals surface area contributed by atoms with Gasteiger partial charge in [-0.25, -0.2) is 4.98 Å². The van der Waals surface area contributed by atoms with E-state index >= 15 is 0 Å². The summed E-state index contributed by atoms with van der Waals surface area (Å²) in [5, 5.41) is 0. The second-order valence-electron chi connectivity index (χ2n) is 3.30. The van der Waals surface area contributed by atoms with Crippen molar-refractivity contribution in [2.45, 2.75) is 27.7 Å². The number of rotatable bonds is 3. The van der Waals surface area contributed by atoms with E-state index in [1.165, 1.54) is 11.1 Å². The van der Waals surface area contributed by atoms with Gasteiger partial charge in [0.05, 0.1) is 0 Å². The molecule has 1 aromatic heterocycles. The molecule has 1 rings (SSSR count). The van der Waals surface area contributed by atoms with Gasteiger partial charge in [-0.3, -0.25) is 0 Å². The van der Waals surface area contributed by atoms with Gasteiger partial charge in [-0.05, 0) is 44.9 Å². The zero-order valence-electron chi connectivity index (χ0n) is 8.96. The third kappa shape index (κ3) is 2.20. The van der Waals surface area contributed by atoms with Gasteiger partial charge in [-0.1, -0.05) is 0 Å².